The Morgan fingerprint density at radius 2 is 0.373 bits per heavy atom. The monoisotopic (exact) mass is 997 g/mol. The van der Waals surface area contributed by atoms with Gasteiger partial charge < -0.3 is 26.6 Å². The molecule has 0 aliphatic rings. The van der Waals surface area contributed by atoms with Gasteiger partial charge in [0, 0.05) is 56.9 Å². The van der Waals surface area contributed by atoms with Crippen molar-refractivity contribution in [3.63, 3.8) is 0 Å². The number of nitrogens with one attached hydrogen (secondary N) is 5. The normalized spacial score (nSPS) is 10.2. The number of para-hydroxylation sites is 4. The van der Waals surface area contributed by atoms with E-state index in [1.807, 2.05) is 166 Å². The van der Waals surface area contributed by atoms with E-state index in [0.29, 0.717) is 0 Å². The Hall–Kier alpha value is -9.60. The van der Waals surface area contributed by atoms with Gasteiger partial charge in [0.25, 0.3) is 0 Å². The van der Waals surface area contributed by atoms with E-state index in [1.54, 1.807) is 48.5 Å². The third-order valence-corrected chi connectivity index (χ3v) is 10.5. The minimum absolute atomic E-state index is 0.219. The van der Waals surface area contributed by atoms with Gasteiger partial charge in [-0.05, 0) is 195 Å². The molecule has 0 saturated heterocycles. The van der Waals surface area contributed by atoms with Crippen LogP contribution in [0.3, 0.4) is 0 Å². The van der Waals surface area contributed by atoms with E-state index >= 15 is 0 Å². The van der Waals surface area contributed by atoms with Gasteiger partial charge in [-0.3, -0.25) is 0 Å². The van der Waals surface area contributed by atoms with Crippen LogP contribution in [0.2, 0.25) is 0 Å². The Kier molecular flexibility index (Phi) is 22.6. The van der Waals surface area contributed by atoms with Gasteiger partial charge in [-0.2, -0.15) is 0 Å². The minimum atomic E-state index is -0.278. The van der Waals surface area contributed by atoms with Crippen molar-refractivity contribution in [3.8, 4) is 0 Å². The van der Waals surface area contributed by atoms with Crippen molar-refractivity contribution in [2.75, 3.05) is 26.6 Å². The molecule has 10 aromatic carbocycles. The van der Waals surface area contributed by atoms with Crippen molar-refractivity contribution in [1.29, 1.82) is 0 Å². The highest BCUT2D eigenvalue weighted by molar-refractivity contribution is 5.65. The van der Waals surface area contributed by atoms with Crippen molar-refractivity contribution >= 4 is 69.0 Å². The Labute approximate surface area is 438 Å². The number of anilines is 10. The van der Waals surface area contributed by atoms with E-state index in [2.05, 4.69) is 69.1 Å². The van der Waals surface area contributed by atoms with E-state index in [4.69, 9.17) is 0 Å². The molecule has 10 aromatic rings. The maximum Gasteiger partial charge on any atom is 0.123 e. The summed E-state index contributed by atoms with van der Waals surface area (Å²) in [4.78, 5) is 0. The second-order valence-corrected chi connectivity index (χ2v) is 16.4. The third-order valence-electron chi connectivity index (χ3n) is 10.5. The summed E-state index contributed by atoms with van der Waals surface area (Å²) in [5.41, 5.74) is 12.1. The molecule has 5 nitrogen and oxygen atoms in total. The summed E-state index contributed by atoms with van der Waals surface area (Å²) in [5, 5.41) is 16.1. The number of hydrogen-bond donors (Lipinski definition) is 5. The molecule has 0 aliphatic carbocycles. The first-order valence-corrected chi connectivity index (χ1v) is 24.2. The molecular weight excluding hydrogens is 939 g/mol. The van der Waals surface area contributed by atoms with Crippen molar-refractivity contribution in [3.05, 3.63) is 313 Å². The summed E-state index contributed by atoms with van der Waals surface area (Å²) in [6, 6.07) is 81.3. The Morgan fingerprint density at radius 1 is 0.213 bits per heavy atom. The van der Waals surface area contributed by atoms with E-state index in [1.165, 1.54) is 54.1 Å². The molecule has 5 N–H and O–H groups in total. The van der Waals surface area contributed by atoms with Crippen LogP contribution in [-0.4, -0.2) is 0 Å². The van der Waals surface area contributed by atoms with Crippen LogP contribution in [0.1, 0.15) is 25.0 Å². The lowest BCUT2D eigenvalue weighted by Gasteiger charge is -2.06. The third kappa shape index (κ3) is 21.3. The smallest absolute Gasteiger partial charge is 0.123 e. The first-order valence-electron chi connectivity index (χ1n) is 24.2. The standard InChI is InChI=1S/C15H14FN.C15H15N.C12H9F2N.C12H10FN.C12H11N/c1-2-3-12-4-8-14(9-5-12)17-15-10-6-13(16)7-11-15;1-2-6-13-9-11-15(12-10-13)16-14-7-4-3-5-8-14;13-9-1-5-11(6-2-9)15-12-7-3-10(14)4-8-12;13-10-6-8-12(9-7-10)14-11-4-2-1-3-5-11;1-3-7-11(8-4-1)13-12-9-5-2-6-10-12/h2-11,17H,1H3;2-12,16H,1H3;1-8,15H;1-9,14H;1-10,13H/b3-2+;6-2+;;;. The van der Waals surface area contributed by atoms with Gasteiger partial charge in [0.2, 0.25) is 0 Å². The molecule has 376 valence electrons. The van der Waals surface area contributed by atoms with E-state index < -0.39 is 0 Å². The van der Waals surface area contributed by atoms with Crippen LogP contribution < -0.4 is 26.6 Å². The fourth-order valence-corrected chi connectivity index (χ4v) is 6.79. The van der Waals surface area contributed by atoms with Crippen molar-refractivity contribution in [2.24, 2.45) is 0 Å². The fraction of sp³-hybridized carbons (Fsp3) is 0.0303. The van der Waals surface area contributed by atoms with Crippen LogP contribution in [0.4, 0.5) is 74.4 Å². The summed E-state index contributed by atoms with van der Waals surface area (Å²) in [5.74, 6) is -0.998. The molecule has 0 aromatic heterocycles. The second kappa shape index (κ2) is 31.0. The van der Waals surface area contributed by atoms with Gasteiger partial charge in [-0.1, -0.05) is 121 Å². The van der Waals surface area contributed by atoms with Crippen LogP contribution in [-0.2, 0) is 0 Å². The van der Waals surface area contributed by atoms with Crippen molar-refractivity contribution in [1.82, 2.24) is 0 Å². The molecule has 0 saturated carbocycles. The molecule has 0 radical (unpaired) electrons. The number of hydrogen-bond acceptors (Lipinski definition) is 5. The Balaban J connectivity index is 0.000000153. The zero-order valence-corrected chi connectivity index (χ0v) is 41.7. The summed E-state index contributed by atoms with van der Waals surface area (Å²) in [7, 11) is 0. The summed E-state index contributed by atoms with van der Waals surface area (Å²) < 4.78 is 50.5. The van der Waals surface area contributed by atoms with Gasteiger partial charge in [-0.15, -0.1) is 0 Å². The maximum atomic E-state index is 12.7. The molecule has 0 bridgehead atoms. The topological polar surface area (TPSA) is 60.1 Å². The quantitative estimate of drug-likeness (QED) is 0.0790. The lowest BCUT2D eigenvalue weighted by atomic mass is 10.2. The molecule has 75 heavy (non-hydrogen) atoms. The molecular formula is C66H59F4N5. The first-order chi connectivity index (χ1) is 36.7. The van der Waals surface area contributed by atoms with Crippen LogP contribution in [0, 0.1) is 23.3 Å². The van der Waals surface area contributed by atoms with Gasteiger partial charge in [0.1, 0.15) is 23.3 Å². The van der Waals surface area contributed by atoms with Crippen molar-refractivity contribution in [2.45, 2.75) is 13.8 Å². The average Bonchev–Trinajstić information content (AvgIpc) is 3.44. The average molecular weight is 998 g/mol. The number of rotatable bonds is 12. The molecule has 0 atom stereocenters. The molecule has 0 amide bonds. The largest absolute Gasteiger partial charge is 0.356 e. The molecule has 0 unspecified atom stereocenters. The first kappa shape index (κ1) is 54.7. The number of allylic oxidation sites excluding steroid dienone is 2. The lowest BCUT2D eigenvalue weighted by molar-refractivity contribution is 0.627. The van der Waals surface area contributed by atoms with Gasteiger partial charge >= 0.3 is 0 Å². The van der Waals surface area contributed by atoms with Gasteiger partial charge in [0.05, 0.1) is 0 Å². The van der Waals surface area contributed by atoms with Crippen LogP contribution in [0.15, 0.2) is 279 Å². The van der Waals surface area contributed by atoms with E-state index in [0.717, 1.165) is 62.4 Å². The minimum Gasteiger partial charge on any atom is -0.356 e. The van der Waals surface area contributed by atoms with Gasteiger partial charge in [-0.25, -0.2) is 17.6 Å². The van der Waals surface area contributed by atoms with E-state index in [9.17, 15) is 17.6 Å². The Morgan fingerprint density at radius 3 is 0.547 bits per heavy atom. The summed E-state index contributed by atoms with van der Waals surface area (Å²) in [6.45, 7) is 4.01. The Bertz CT molecular complexity index is 3080. The molecule has 10 rings (SSSR count). The predicted octanol–water partition coefficient (Wildman–Crippen LogP) is 19.8. The second-order valence-electron chi connectivity index (χ2n) is 16.4. The highest BCUT2D eigenvalue weighted by Crippen LogP contribution is 2.21. The van der Waals surface area contributed by atoms with Crippen LogP contribution >= 0.6 is 0 Å². The lowest BCUT2D eigenvalue weighted by Crippen LogP contribution is -1.90. The number of halogens is 4. The predicted molar refractivity (Wildman–Crippen MR) is 310 cm³/mol. The highest BCUT2D eigenvalue weighted by Gasteiger charge is 1.99. The molecule has 0 aliphatic heterocycles. The molecule has 0 spiro atoms. The van der Waals surface area contributed by atoms with Crippen molar-refractivity contribution < 1.29 is 17.6 Å². The SMILES string of the molecule is C/C=C/c1ccc(Nc2ccc(F)cc2)cc1.C/C=C/c1ccc(Nc2ccccc2)cc1.Fc1ccc(Nc2ccc(F)cc2)cc1.Fc1ccc(Nc2ccccc2)cc1.c1ccc(Nc2ccccc2)cc1. The summed E-state index contributed by atoms with van der Waals surface area (Å²) in [6.07, 6.45) is 8.18. The van der Waals surface area contributed by atoms with E-state index in [-0.39, 0.29) is 23.3 Å². The molecule has 0 fully saturated rings. The van der Waals surface area contributed by atoms with Gasteiger partial charge in [0.15, 0.2) is 0 Å². The summed E-state index contributed by atoms with van der Waals surface area (Å²) >= 11 is 0. The number of benzene rings is 10. The molecule has 0 heterocycles. The fourth-order valence-electron chi connectivity index (χ4n) is 6.79. The highest BCUT2D eigenvalue weighted by atomic mass is 19.1. The zero-order valence-electron chi connectivity index (χ0n) is 41.7. The maximum absolute atomic E-state index is 12.7. The van der Waals surface area contributed by atoms with Crippen LogP contribution in [0.5, 0.6) is 0 Å². The van der Waals surface area contributed by atoms with Crippen LogP contribution in [0.25, 0.3) is 12.2 Å². The zero-order chi connectivity index (χ0) is 52.7. The molecule has 9 heteroatoms.